The summed E-state index contributed by atoms with van der Waals surface area (Å²) in [5, 5.41) is 0. The Balaban J connectivity index is 2.27. The Morgan fingerprint density at radius 2 is 2.27 bits per heavy atom. The van der Waals surface area contributed by atoms with Gasteiger partial charge in [0.25, 0.3) is 0 Å². The molecule has 0 saturated carbocycles. The second kappa shape index (κ2) is 8.74. The van der Waals surface area contributed by atoms with E-state index in [1.807, 2.05) is 11.8 Å². The standard InChI is InChI=1S/C11H24N2S2/c1-14-7-2-4-11(10-12)13-5-3-8-15-9-6-13/h11H,2-10,12H2,1H3. The van der Waals surface area contributed by atoms with Crippen molar-refractivity contribution in [1.29, 1.82) is 0 Å². The van der Waals surface area contributed by atoms with Gasteiger partial charge in [-0.05, 0) is 43.6 Å². The third-order valence-electron chi connectivity index (χ3n) is 2.93. The van der Waals surface area contributed by atoms with Crippen LogP contribution < -0.4 is 5.73 Å². The molecule has 0 radical (unpaired) electrons. The molecule has 1 rings (SSSR count). The maximum Gasteiger partial charge on any atom is 0.0219 e. The lowest BCUT2D eigenvalue weighted by Crippen LogP contribution is -2.41. The Morgan fingerprint density at radius 1 is 1.40 bits per heavy atom. The molecule has 0 aromatic rings. The van der Waals surface area contributed by atoms with Crippen LogP contribution in [0.1, 0.15) is 19.3 Å². The van der Waals surface area contributed by atoms with Crippen LogP contribution in [0.25, 0.3) is 0 Å². The molecule has 0 bridgehead atoms. The molecule has 0 aliphatic carbocycles. The molecule has 0 aromatic carbocycles. The predicted molar refractivity (Wildman–Crippen MR) is 74.0 cm³/mol. The van der Waals surface area contributed by atoms with Gasteiger partial charge in [0.15, 0.2) is 0 Å². The molecule has 0 aromatic heterocycles. The van der Waals surface area contributed by atoms with Gasteiger partial charge >= 0.3 is 0 Å². The largest absolute Gasteiger partial charge is 0.329 e. The van der Waals surface area contributed by atoms with Crippen LogP contribution >= 0.6 is 23.5 Å². The highest BCUT2D eigenvalue weighted by molar-refractivity contribution is 7.99. The molecule has 1 saturated heterocycles. The molecule has 15 heavy (non-hydrogen) atoms. The van der Waals surface area contributed by atoms with Crippen LogP contribution in [0.5, 0.6) is 0 Å². The molecule has 4 heteroatoms. The highest BCUT2D eigenvalue weighted by atomic mass is 32.2. The average Bonchev–Trinajstić information content (AvgIpc) is 2.53. The number of nitrogens with two attached hydrogens (primary N) is 1. The SMILES string of the molecule is CSCCCC(CN)N1CCCSCC1. The molecule has 90 valence electrons. The fraction of sp³-hybridized carbons (Fsp3) is 1.00. The molecule has 0 spiro atoms. The first kappa shape index (κ1) is 13.7. The van der Waals surface area contributed by atoms with E-state index in [4.69, 9.17) is 5.73 Å². The van der Waals surface area contributed by atoms with E-state index in [1.54, 1.807) is 0 Å². The molecule has 1 unspecified atom stereocenters. The molecule has 1 aliphatic heterocycles. The van der Waals surface area contributed by atoms with Crippen molar-refractivity contribution in [3.05, 3.63) is 0 Å². The summed E-state index contributed by atoms with van der Waals surface area (Å²) in [6.45, 7) is 3.33. The van der Waals surface area contributed by atoms with Crippen LogP contribution in [0.4, 0.5) is 0 Å². The van der Waals surface area contributed by atoms with Crippen molar-refractivity contribution in [1.82, 2.24) is 4.90 Å². The highest BCUT2D eigenvalue weighted by Crippen LogP contribution is 2.15. The number of hydrogen-bond donors (Lipinski definition) is 1. The second-order valence-electron chi connectivity index (χ2n) is 4.03. The maximum atomic E-state index is 5.88. The predicted octanol–water partition coefficient (Wildman–Crippen LogP) is 1.90. The number of thioether (sulfide) groups is 2. The second-order valence-corrected chi connectivity index (χ2v) is 6.24. The van der Waals surface area contributed by atoms with Crippen LogP contribution in [0.15, 0.2) is 0 Å². The molecule has 1 atom stereocenters. The number of nitrogens with zero attached hydrogens (tertiary/aromatic N) is 1. The van der Waals surface area contributed by atoms with Crippen molar-refractivity contribution in [2.45, 2.75) is 25.3 Å². The van der Waals surface area contributed by atoms with Gasteiger partial charge in [0.1, 0.15) is 0 Å². The summed E-state index contributed by atoms with van der Waals surface area (Å²) >= 11 is 4.03. The zero-order valence-corrected chi connectivity index (χ0v) is 11.4. The van der Waals surface area contributed by atoms with E-state index in [9.17, 15) is 0 Å². The number of hydrogen-bond acceptors (Lipinski definition) is 4. The van der Waals surface area contributed by atoms with Crippen LogP contribution in [-0.2, 0) is 0 Å². The summed E-state index contributed by atoms with van der Waals surface area (Å²) in [4.78, 5) is 2.61. The number of rotatable bonds is 6. The molecule has 0 amide bonds. The van der Waals surface area contributed by atoms with Crippen molar-refractivity contribution < 1.29 is 0 Å². The smallest absolute Gasteiger partial charge is 0.0219 e. The fourth-order valence-electron chi connectivity index (χ4n) is 2.04. The minimum atomic E-state index is 0.635. The normalized spacial score (nSPS) is 21.2. The minimum absolute atomic E-state index is 0.635. The molecule has 2 N–H and O–H groups in total. The monoisotopic (exact) mass is 248 g/mol. The molecule has 2 nitrogen and oxygen atoms in total. The molecule has 1 heterocycles. The average molecular weight is 248 g/mol. The third kappa shape index (κ3) is 5.48. The van der Waals surface area contributed by atoms with Crippen LogP contribution in [0.3, 0.4) is 0 Å². The Bertz CT molecular complexity index is 148. The van der Waals surface area contributed by atoms with E-state index in [0.29, 0.717) is 6.04 Å². The lowest BCUT2D eigenvalue weighted by Gasteiger charge is -2.29. The van der Waals surface area contributed by atoms with Crippen LogP contribution in [0, 0.1) is 0 Å². The van der Waals surface area contributed by atoms with Crippen molar-refractivity contribution in [2.24, 2.45) is 5.73 Å². The molecular weight excluding hydrogens is 224 g/mol. The highest BCUT2D eigenvalue weighted by Gasteiger charge is 2.17. The fourth-order valence-corrected chi connectivity index (χ4v) is 3.40. The summed E-state index contributed by atoms with van der Waals surface area (Å²) in [6.07, 6.45) is 6.11. The summed E-state index contributed by atoms with van der Waals surface area (Å²) in [5.41, 5.74) is 5.88. The minimum Gasteiger partial charge on any atom is -0.329 e. The van der Waals surface area contributed by atoms with Crippen molar-refractivity contribution >= 4 is 23.5 Å². The van der Waals surface area contributed by atoms with Gasteiger partial charge in [-0.3, -0.25) is 4.90 Å². The zero-order valence-electron chi connectivity index (χ0n) is 9.78. The zero-order chi connectivity index (χ0) is 10.9. The van der Waals surface area contributed by atoms with E-state index in [0.717, 1.165) is 6.54 Å². The Hall–Kier alpha value is 0.620. The van der Waals surface area contributed by atoms with Gasteiger partial charge in [0.05, 0.1) is 0 Å². The van der Waals surface area contributed by atoms with E-state index < -0.39 is 0 Å². The summed E-state index contributed by atoms with van der Waals surface area (Å²) in [7, 11) is 0. The summed E-state index contributed by atoms with van der Waals surface area (Å²) in [6, 6.07) is 0.635. The van der Waals surface area contributed by atoms with Gasteiger partial charge in [-0.1, -0.05) is 0 Å². The quantitative estimate of drug-likeness (QED) is 0.727. The van der Waals surface area contributed by atoms with Crippen molar-refractivity contribution in [2.75, 3.05) is 43.1 Å². The van der Waals surface area contributed by atoms with E-state index in [2.05, 4.69) is 22.9 Å². The van der Waals surface area contributed by atoms with Crippen LogP contribution in [-0.4, -0.2) is 54.1 Å². The Kier molecular flexibility index (Phi) is 7.97. The van der Waals surface area contributed by atoms with Gasteiger partial charge in [0.2, 0.25) is 0 Å². The van der Waals surface area contributed by atoms with Crippen LogP contribution in [0.2, 0.25) is 0 Å². The van der Waals surface area contributed by atoms with Gasteiger partial charge < -0.3 is 5.73 Å². The Morgan fingerprint density at radius 3 is 3.00 bits per heavy atom. The van der Waals surface area contributed by atoms with E-state index in [1.165, 1.54) is 49.6 Å². The Labute approximate surface area is 103 Å². The van der Waals surface area contributed by atoms with Gasteiger partial charge in [0, 0.05) is 24.9 Å². The topological polar surface area (TPSA) is 29.3 Å². The maximum absolute atomic E-state index is 5.88. The first-order chi connectivity index (χ1) is 7.38. The summed E-state index contributed by atoms with van der Waals surface area (Å²) < 4.78 is 0. The van der Waals surface area contributed by atoms with Gasteiger partial charge in [-0.2, -0.15) is 23.5 Å². The van der Waals surface area contributed by atoms with Gasteiger partial charge in [-0.15, -0.1) is 0 Å². The van der Waals surface area contributed by atoms with Crippen molar-refractivity contribution in [3.8, 4) is 0 Å². The first-order valence-corrected chi connectivity index (χ1v) is 8.44. The molecule has 1 fully saturated rings. The van der Waals surface area contributed by atoms with Gasteiger partial charge in [-0.25, -0.2) is 0 Å². The lowest BCUT2D eigenvalue weighted by molar-refractivity contribution is 0.205. The van der Waals surface area contributed by atoms with Crippen molar-refractivity contribution in [3.63, 3.8) is 0 Å². The lowest BCUT2D eigenvalue weighted by atomic mass is 10.1. The summed E-state index contributed by atoms with van der Waals surface area (Å²) in [5.74, 6) is 3.90. The van der Waals surface area contributed by atoms with E-state index >= 15 is 0 Å². The molecular formula is C11H24N2S2. The van der Waals surface area contributed by atoms with E-state index in [-0.39, 0.29) is 0 Å². The third-order valence-corrected chi connectivity index (χ3v) is 4.68. The molecule has 1 aliphatic rings. The first-order valence-electron chi connectivity index (χ1n) is 5.89.